The lowest BCUT2D eigenvalue weighted by atomic mass is 9.99. The predicted octanol–water partition coefficient (Wildman–Crippen LogP) is 3.87. The molecular formula is C19H23F3N2O3. The fraction of sp³-hybridized carbons (Fsp3) is 0.579. The third kappa shape index (κ3) is 4.61. The Kier molecular flexibility index (Phi) is 5.74. The Balaban J connectivity index is 1.79. The number of carbonyl (C=O) groups excluding carboxylic acids is 1. The maximum Gasteiger partial charge on any atom is 0.416 e. The lowest BCUT2D eigenvalue weighted by Crippen LogP contribution is -2.48. The highest BCUT2D eigenvalue weighted by atomic mass is 19.4. The molecule has 1 aromatic carbocycles. The molecule has 148 valence electrons. The standard InChI is InChI=1S/C19H23F3N2O3/c1-2-26-17(23)16-11-15(8-9-27-16)24(14-6-7-14)18(25)12-4-3-5-13(10-12)19(20,21)22/h3-5,10,14-16,23H,2,6-9,11H2,1H3. The molecule has 5 nitrogen and oxygen atoms in total. The van der Waals surface area contributed by atoms with Crippen LogP contribution in [0, 0.1) is 5.41 Å². The van der Waals surface area contributed by atoms with Crippen molar-refractivity contribution in [2.45, 2.75) is 57.0 Å². The molecule has 1 aliphatic heterocycles. The second-order valence-electron chi connectivity index (χ2n) is 6.86. The highest BCUT2D eigenvalue weighted by molar-refractivity contribution is 5.95. The van der Waals surface area contributed by atoms with Gasteiger partial charge in [-0.2, -0.15) is 13.2 Å². The minimum Gasteiger partial charge on any atom is -0.480 e. The second kappa shape index (κ2) is 7.88. The Morgan fingerprint density at radius 3 is 2.67 bits per heavy atom. The number of amides is 1. The van der Waals surface area contributed by atoms with Crippen molar-refractivity contribution in [1.29, 1.82) is 5.41 Å². The van der Waals surface area contributed by atoms with Crippen LogP contribution in [0.2, 0.25) is 0 Å². The molecule has 1 aromatic rings. The SMILES string of the molecule is CCOC(=N)C1CC(N(C(=O)c2cccc(C(F)(F)F)c2)C2CC2)CCO1. The molecule has 0 aromatic heterocycles. The zero-order valence-corrected chi connectivity index (χ0v) is 15.1. The Morgan fingerprint density at radius 2 is 2.04 bits per heavy atom. The summed E-state index contributed by atoms with van der Waals surface area (Å²) in [6.45, 7) is 2.52. The first-order valence-electron chi connectivity index (χ1n) is 9.14. The Labute approximate surface area is 155 Å². The Morgan fingerprint density at radius 1 is 1.30 bits per heavy atom. The summed E-state index contributed by atoms with van der Waals surface area (Å²) in [4.78, 5) is 14.7. The van der Waals surface area contributed by atoms with Crippen LogP contribution in [-0.4, -0.2) is 48.1 Å². The molecular weight excluding hydrogens is 361 g/mol. The van der Waals surface area contributed by atoms with E-state index in [1.54, 1.807) is 11.8 Å². The molecule has 3 rings (SSSR count). The van der Waals surface area contributed by atoms with Gasteiger partial charge in [0, 0.05) is 30.7 Å². The topological polar surface area (TPSA) is 62.6 Å². The van der Waals surface area contributed by atoms with E-state index in [1.807, 2.05) is 0 Å². The third-order valence-corrected chi connectivity index (χ3v) is 4.85. The van der Waals surface area contributed by atoms with Crippen molar-refractivity contribution >= 4 is 11.8 Å². The van der Waals surface area contributed by atoms with Crippen LogP contribution < -0.4 is 0 Å². The summed E-state index contributed by atoms with van der Waals surface area (Å²) in [5.74, 6) is -0.360. The van der Waals surface area contributed by atoms with E-state index in [0.29, 0.717) is 26.1 Å². The number of hydrogen-bond acceptors (Lipinski definition) is 4. The maximum atomic E-state index is 13.0. The zero-order valence-electron chi connectivity index (χ0n) is 15.1. The fourth-order valence-electron chi connectivity index (χ4n) is 3.42. The van der Waals surface area contributed by atoms with E-state index in [-0.39, 0.29) is 23.5 Å². The molecule has 1 saturated heterocycles. The number of ether oxygens (including phenoxy) is 2. The quantitative estimate of drug-likeness (QED) is 0.619. The molecule has 2 atom stereocenters. The molecule has 8 heteroatoms. The summed E-state index contributed by atoms with van der Waals surface area (Å²) in [6.07, 6.45) is -2.32. The molecule has 0 radical (unpaired) electrons. The molecule has 1 amide bonds. The molecule has 2 fully saturated rings. The Hall–Kier alpha value is -2.09. The van der Waals surface area contributed by atoms with Gasteiger partial charge in [0.15, 0.2) is 0 Å². The van der Waals surface area contributed by atoms with E-state index in [2.05, 4.69) is 0 Å². The number of nitrogens with zero attached hydrogens (tertiary/aromatic N) is 1. The summed E-state index contributed by atoms with van der Waals surface area (Å²) in [7, 11) is 0. The van der Waals surface area contributed by atoms with E-state index in [1.165, 1.54) is 12.1 Å². The lowest BCUT2D eigenvalue weighted by Gasteiger charge is -2.37. The molecule has 0 spiro atoms. The van der Waals surface area contributed by atoms with Gasteiger partial charge in [0.1, 0.15) is 6.10 Å². The van der Waals surface area contributed by atoms with Crippen LogP contribution in [0.3, 0.4) is 0 Å². The molecule has 1 N–H and O–H groups in total. The van der Waals surface area contributed by atoms with E-state index in [0.717, 1.165) is 25.0 Å². The van der Waals surface area contributed by atoms with Crippen LogP contribution in [0.1, 0.15) is 48.5 Å². The van der Waals surface area contributed by atoms with Gasteiger partial charge in [-0.05, 0) is 44.4 Å². The van der Waals surface area contributed by atoms with Gasteiger partial charge in [0.05, 0.1) is 12.2 Å². The number of benzene rings is 1. The average molecular weight is 384 g/mol. The van der Waals surface area contributed by atoms with E-state index in [9.17, 15) is 18.0 Å². The summed E-state index contributed by atoms with van der Waals surface area (Å²) < 4.78 is 49.8. The number of halogens is 3. The van der Waals surface area contributed by atoms with Crippen molar-refractivity contribution in [3.63, 3.8) is 0 Å². The fourth-order valence-corrected chi connectivity index (χ4v) is 3.42. The molecule has 2 unspecified atom stereocenters. The van der Waals surface area contributed by atoms with Crippen LogP contribution in [0.5, 0.6) is 0 Å². The first-order valence-corrected chi connectivity index (χ1v) is 9.14. The first kappa shape index (κ1) is 19.7. The lowest BCUT2D eigenvalue weighted by molar-refractivity contribution is -0.137. The predicted molar refractivity (Wildman–Crippen MR) is 92.8 cm³/mol. The van der Waals surface area contributed by atoms with Gasteiger partial charge in [0.2, 0.25) is 5.90 Å². The van der Waals surface area contributed by atoms with Crippen LogP contribution in [0.15, 0.2) is 24.3 Å². The van der Waals surface area contributed by atoms with Crippen LogP contribution in [0.25, 0.3) is 0 Å². The van der Waals surface area contributed by atoms with Crippen molar-refractivity contribution in [1.82, 2.24) is 4.90 Å². The van der Waals surface area contributed by atoms with E-state index in [4.69, 9.17) is 14.9 Å². The van der Waals surface area contributed by atoms with Gasteiger partial charge in [-0.3, -0.25) is 10.2 Å². The average Bonchev–Trinajstić information content (AvgIpc) is 3.47. The molecule has 1 saturated carbocycles. The van der Waals surface area contributed by atoms with Gasteiger partial charge in [0.25, 0.3) is 5.91 Å². The van der Waals surface area contributed by atoms with E-state index < -0.39 is 23.8 Å². The molecule has 0 bridgehead atoms. The minimum absolute atomic E-state index is 0.0319. The van der Waals surface area contributed by atoms with Crippen LogP contribution in [-0.2, 0) is 15.7 Å². The summed E-state index contributed by atoms with van der Waals surface area (Å²) in [6, 6.07) is 4.42. The highest BCUT2D eigenvalue weighted by Crippen LogP contribution is 2.35. The van der Waals surface area contributed by atoms with Crippen molar-refractivity contribution in [2.24, 2.45) is 0 Å². The smallest absolute Gasteiger partial charge is 0.416 e. The number of hydrogen-bond donors (Lipinski definition) is 1. The zero-order chi connectivity index (χ0) is 19.6. The van der Waals surface area contributed by atoms with Gasteiger partial charge in [-0.15, -0.1) is 0 Å². The Bertz CT molecular complexity index is 704. The molecule has 27 heavy (non-hydrogen) atoms. The van der Waals surface area contributed by atoms with Gasteiger partial charge in [-0.1, -0.05) is 6.07 Å². The minimum atomic E-state index is -4.49. The van der Waals surface area contributed by atoms with Crippen molar-refractivity contribution in [3.8, 4) is 0 Å². The normalized spacial score (nSPS) is 23.0. The summed E-state index contributed by atoms with van der Waals surface area (Å²) in [5, 5.41) is 7.93. The van der Waals surface area contributed by atoms with Crippen molar-refractivity contribution < 1.29 is 27.4 Å². The van der Waals surface area contributed by atoms with E-state index >= 15 is 0 Å². The third-order valence-electron chi connectivity index (χ3n) is 4.85. The number of nitrogens with one attached hydrogen (secondary N) is 1. The molecule has 2 aliphatic rings. The van der Waals surface area contributed by atoms with Crippen molar-refractivity contribution in [3.05, 3.63) is 35.4 Å². The maximum absolute atomic E-state index is 13.0. The number of alkyl halides is 3. The monoisotopic (exact) mass is 384 g/mol. The van der Waals surface area contributed by atoms with Crippen molar-refractivity contribution in [2.75, 3.05) is 13.2 Å². The summed E-state index contributed by atoms with van der Waals surface area (Å²) in [5.41, 5.74) is -0.785. The summed E-state index contributed by atoms with van der Waals surface area (Å²) >= 11 is 0. The number of carbonyl (C=O) groups is 1. The van der Waals surface area contributed by atoms with Gasteiger partial charge in [-0.25, -0.2) is 0 Å². The van der Waals surface area contributed by atoms with Crippen LogP contribution >= 0.6 is 0 Å². The molecule has 1 heterocycles. The van der Waals surface area contributed by atoms with Gasteiger partial charge >= 0.3 is 6.18 Å². The first-order chi connectivity index (χ1) is 12.8. The van der Waals surface area contributed by atoms with Gasteiger partial charge < -0.3 is 14.4 Å². The molecule has 1 aliphatic carbocycles. The second-order valence-corrected chi connectivity index (χ2v) is 6.86. The number of rotatable bonds is 5. The highest BCUT2D eigenvalue weighted by Gasteiger charge is 2.41. The van der Waals surface area contributed by atoms with Crippen LogP contribution in [0.4, 0.5) is 13.2 Å². The largest absolute Gasteiger partial charge is 0.480 e.